The number of aliphatic carboxylic acids is 3. The molecule has 4 aromatic rings. The summed E-state index contributed by atoms with van der Waals surface area (Å²) in [6.45, 7) is 5.47. The van der Waals surface area contributed by atoms with Gasteiger partial charge in [-0.2, -0.15) is 39.5 Å². The maximum Gasteiger partial charge on any atom is 0.490 e. The van der Waals surface area contributed by atoms with Gasteiger partial charge in [-0.1, -0.05) is 18.5 Å². The lowest BCUT2D eigenvalue weighted by Gasteiger charge is -2.27. The Morgan fingerprint density at radius 3 is 2.00 bits per heavy atom. The summed E-state index contributed by atoms with van der Waals surface area (Å²) in [5, 5.41) is 29.5. The molecule has 6 N–H and O–H groups in total. The summed E-state index contributed by atoms with van der Waals surface area (Å²) in [4.78, 5) is 61.6. The first-order valence-corrected chi connectivity index (χ1v) is 15.2. The molecule has 0 bridgehead atoms. The number of hydrogen-bond acceptors (Lipinski definition) is 10. The minimum atomic E-state index is -5.08. The SMILES string of the molecule is CCC(=O)N[C@H]1CCN(c2c(C(C)Nc3ncnc4[nH]cnc34)cc(Cl)c3cccnc23)C1.O=C(O)C(F)(F)F.O=C(O)C(F)(F)F.O=C(O)C(F)(F)F. The van der Waals surface area contributed by atoms with Gasteiger partial charge >= 0.3 is 36.4 Å². The van der Waals surface area contributed by atoms with Gasteiger partial charge in [0.25, 0.3) is 0 Å². The number of anilines is 2. The van der Waals surface area contributed by atoms with Crippen LogP contribution >= 0.6 is 11.6 Å². The van der Waals surface area contributed by atoms with Crippen molar-refractivity contribution in [1.29, 1.82) is 0 Å². The van der Waals surface area contributed by atoms with Crippen molar-refractivity contribution < 1.29 is 74.0 Å². The van der Waals surface area contributed by atoms with Crippen LogP contribution in [-0.4, -0.2) is 102 Å². The highest BCUT2D eigenvalue weighted by Gasteiger charge is 2.39. The molecule has 54 heavy (non-hydrogen) atoms. The van der Waals surface area contributed by atoms with Gasteiger partial charge in [-0.3, -0.25) is 9.78 Å². The number of benzene rings is 1. The number of nitrogens with zero attached hydrogens (tertiary/aromatic N) is 5. The Balaban J connectivity index is 0.000000393. The Morgan fingerprint density at radius 2 is 1.48 bits per heavy atom. The molecule has 1 unspecified atom stereocenters. The largest absolute Gasteiger partial charge is 0.490 e. The van der Waals surface area contributed by atoms with Crippen LogP contribution in [0.25, 0.3) is 22.1 Å². The van der Waals surface area contributed by atoms with Crippen LogP contribution in [0.1, 0.15) is 38.3 Å². The van der Waals surface area contributed by atoms with Crippen molar-refractivity contribution in [1.82, 2.24) is 30.2 Å². The molecule has 0 saturated carbocycles. The lowest BCUT2D eigenvalue weighted by atomic mass is 10.0. The third-order valence-electron chi connectivity index (χ3n) is 6.80. The Kier molecular flexibility index (Phi) is 15.1. The van der Waals surface area contributed by atoms with Gasteiger partial charge in [0.15, 0.2) is 11.5 Å². The van der Waals surface area contributed by atoms with E-state index < -0.39 is 36.4 Å². The monoisotopic (exact) mass is 806 g/mol. The van der Waals surface area contributed by atoms with Crippen LogP contribution in [0.5, 0.6) is 0 Å². The number of carbonyl (C=O) groups is 4. The molecule has 1 aliphatic heterocycles. The van der Waals surface area contributed by atoms with E-state index >= 15 is 0 Å². The van der Waals surface area contributed by atoms with Gasteiger partial charge in [-0.15, -0.1) is 0 Å². The summed E-state index contributed by atoms with van der Waals surface area (Å²) >= 11 is 6.70. The molecular weight excluding hydrogens is 779 g/mol. The molecule has 25 heteroatoms. The van der Waals surface area contributed by atoms with Crippen LogP contribution in [-0.2, 0) is 19.2 Å². The maximum atomic E-state index is 11.9. The number of aromatic nitrogens is 5. The number of rotatable bonds is 6. The zero-order valence-corrected chi connectivity index (χ0v) is 28.2. The predicted molar refractivity (Wildman–Crippen MR) is 171 cm³/mol. The van der Waals surface area contributed by atoms with Crippen molar-refractivity contribution in [3.8, 4) is 0 Å². The minimum Gasteiger partial charge on any atom is -0.475 e. The molecule has 1 saturated heterocycles. The molecule has 0 aliphatic carbocycles. The van der Waals surface area contributed by atoms with Gasteiger partial charge < -0.3 is 35.8 Å². The average Bonchev–Trinajstić information content (AvgIpc) is 3.74. The van der Waals surface area contributed by atoms with Gasteiger partial charge in [-0.05, 0) is 31.5 Å². The summed E-state index contributed by atoms with van der Waals surface area (Å²) in [5.74, 6) is -7.55. The van der Waals surface area contributed by atoms with Gasteiger partial charge in [0.05, 0.1) is 28.6 Å². The molecular formula is C29H28ClF9N8O7. The number of alkyl halides is 9. The van der Waals surface area contributed by atoms with E-state index in [1.165, 1.54) is 6.33 Å². The van der Waals surface area contributed by atoms with E-state index in [0.717, 1.165) is 41.7 Å². The quantitative estimate of drug-likeness (QED) is 0.128. The lowest BCUT2D eigenvalue weighted by molar-refractivity contribution is -0.193. The van der Waals surface area contributed by atoms with Crippen LogP contribution in [0.3, 0.4) is 0 Å². The van der Waals surface area contributed by atoms with Gasteiger partial charge in [0.2, 0.25) is 5.91 Å². The molecule has 0 radical (unpaired) electrons. The van der Waals surface area contributed by atoms with E-state index in [4.69, 9.17) is 46.3 Å². The van der Waals surface area contributed by atoms with Crippen LogP contribution in [0.2, 0.25) is 5.02 Å². The highest BCUT2D eigenvalue weighted by molar-refractivity contribution is 6.36. The smallest absolute Gasteiger partial charge is 0.475 e. The number of H-pyrrole nitrogens is 1. The number of halogens is 10. The summed E-state index contributed by atoms with van der Waals surface area (Å²) in [6, 6.07) is 5.85. The second kappa shape index (κ2) is 18.4. The van der Waals surface area contributed by atoms with Crippen molar-refractivity contribution in [2.24, 2.45) is 0 Å². The lowest BCUT2D eigenvalue weighted by Crippen LogP contribution is -2.37. The van der Waals surface area contributed by atoms with E-state index in [0.29, 0.717) is 28.4 Å². The van der Waals surface area contributed by atoms with Gasteiger partial charge in [-0.25, -0.2) is 29.3 Å². The molecule has 2 atom stereocenters. The molecule has 1 amide bonds. The third kappa shape index (κ3) is 12.8. The van der Waals surface area contributed by atoms with Gasteiger partial charge in [0.1, 0.15) is 11.8 Å². The first-order chi connectivity index (χ1) is 24.9. The van der Waals surface area contributed by atoms with Crippen molar-refractivity contribution >= 4 is 69.0 Å². The normalized spacial score (nSPS) is 14.7. The first-order valence-electron chi connectivity index (χ1n) is 14.8. The third-order valence-corrected chi connectivity index (χ3v) is 7.11. The Hall–Kier alpha value is -5.68. The molecule has 3 aromatic heterocycles. The summed E-state index contributed by atoms with van der Waals surface area (Å²) in [5.41, 5.74) is 4.24. The average molecular weight is 807 g/mol. The molecule has 5 rings (SSSR count). The number of pyridine rings is 1. The number of carboxylic acid groups (broad SMARTS) is 3. The molecule has 0 spiro atoms. The first kappa shape index (κ1) is 44.5. The molecule has 296 valence electrons. The molecule has 1 aliphatic rings. The van der Waals surface area contributed by atoms with Crippen LogP contribution in [0.4, 0.5) is 51.0 Å². The molecule has 1 aromatic carbocycles. The highest BCUT2D eigenvalue weighted by atomic mass is 35.5. The van der Waals surface area contributed by atoms with E-state index in [1.54, 1.807) is 12.5 Å². The fourth-order valence-corrected chi connectivity index (χ4v) is 4.70. The number of fused-ring (bicyclic) bond motifs is 2. The second-order valence-electron chi connectivity index (χ2n) is 10.6. The maximum absolute atomic E-state index is 11.9. The fraction of sp³-hybridized carbons (Fsp3) is 0.379. The second-order valence-corrected chi connectivity index (χ2v) is 11.1. The number of hydrogen-bond donors (Lipinski definition) is 6. The van der Waals surface area contributed by atoms with E-state index in [1.807, 2.05) is 25.1 Å². The number of carbonyl (C=O) groups excluding carboxylic acids is 1. The number of nitrogens with one attached hydrogen (secondary N) is 3. The number of amides is 1. The molecule has 15 nitrogen and oxygen atoms in total. The molecule has 1 fully saturated rings. The van der Waals surface area contributed by atoms with Crippen LogP contribution in [0.15, 0.2) is 37.1 Å². The highest BCUT2D eigenvalue weighted by Crippen LogP contribution is 2.40. The van der Waals surface area contributed by atoms with E-state index in [-0.39, 0.29) is 18.0 Å². The van der Waals surface area contributed by atoms with Gasteiger partial charge in [0, 0.05) is 42.7 Å². The summed E-state index contributed by atoms with van der Waals surface area (Å²) in [6.07, 6.45) is -8.99. The number of imidazole rings is 1. The van der Waals surface area contributed by atoms with Crippen LogP contribution < -0.4 is 15.5 Å². The number of aromatic amines is 1. The predicted octanol–water partition coefficient (Wildman–Crippen LogP) is 5.73. The summed E-state index contributed by atoms with van der Waals surface area (Å²) < 4.78 is 95.2. The fourth-order valence-electron chi connectivity index (χ4n) is 4.43. The Labute approximate surface area is 301 Å². The topological polar surface area (TPSA) is 224 Å². The minimum absolute atomic E-state index is 0.0722. The van der Waals surface area contributed by atoms with Crippen molar-refractivity contribution in [2.75, 3.05) is 23.3 Å². The Morgan fingerprint density at radius 1 is 0.926 bits per heavy atom. The zero-order chi connectivity index (χ0) is 41.2. The van der Waals surface area contributed by atoms with Crippen molar-refractivity contribution in [3.05, 3.63) is 47.6 Å². The van der Waals surface area contributed by atoms with Crippen LogP contribution in [0, 0.1) is 0 Å². The van der Waals surface area contributed by atoms with E-state index in [2.05, 4.69) is 42.4 Å². The zero-order valence-electron chi connectivity index (χ0n) is 27.4. The molecule has 4 heterocycles. The van der Waals surface area contributed by atoms with Crippen molar-refractivity contribution in [2.45, 2.75) is 57.3 Å². The summed E-state index contributed by atoms with van der Waals surface area (Å²) in [7, 11) is 0. The number of carboxylic acids is 3. The Bertz CT molecular complexity index is 1880. The van der Waals surface area contributed by atoms with E-state index in [9.17, 15) is 44.3 Å². The standard InChI is InChI=1S/C23H25ClN8O.3C2HF3O2/c1-3-18(33)31-14-6-8-32(10-14)21-16(9-17(24)15-5-4-7-25-19(15)21)13(2)30-23-20-22(27-11-26-20)28-12-29-23;3*3-2(4,5)1(6)7/h4-5,7,9,11-14H,3,6,8,10H2,1-2H3,(H,31,33)(H2,26,27,28,29,30);3*(H,6,7)/t13?,14-;;;/m0.../s1. The van der Waals surface area contributed by atoms with Crippen molar-refractivity contribution in [3.63, 3.8) is 0 Å².